The van der Waals surface area contributed by atoms with E-state index in [0.29, 0.717) is 12.4 Å². The SMILES string of the molecule is CCN1CC[C@H](CN2CCOc3c(O)cc(-c4ccc(C)s4)cc3C2)C1. The monoisotopic (exact) mass is 372 g/mol. The molecule has 0 unspecified atom stereocenters. The molecule has 1 aromatic carbocycles. The van der Waals surface area contributed by atoms with Crippen molar-refractivity contribution in [3.8, 4) is 21.9 Å². The molecule has 2 aliphatic rings. The van der Waals surface area contributed by atoms with Crippen LogP contribution in [-0.4, -0.2) is 54.2 Å². The van der Waals surface area contributed by atoms with Gasteiger partial charge in [-0.25, -0.2) is 0 Å². The number of nitrogens with zero attached hydrogens (tertiary/aromatic N) is 2. The van der Waals surface area contributed by atoms with Crippen molar-refractivity contribution >= 4 is 11.3 Å². The molecule has 1 N–H and O–H groups in total. The highest BCUT2D eigenvalue weighted by Gasteiger charge is 2.26. The maximum atomic E-state index is 10.5. The van der Waals surface area contributed by atoms with Gasteiger partial charge in [-0.2, -0.15) is 0 Å². The average molecular weight is 373 g/mol. The zero-order valence-electron chi connectivity index (χ0n) is 15.7. The number of hydrogen-bond acceptors (Lipinski definition) is 5. The van der Waals surface area contributed by atoms with Crippen LogP contribution in [0.4, 0.5) is 0 Å². The van der Waals surface area contributed by atoms with E-state index < -0.39 is 0 Å². The third-order valence-electron chi connectivity index (χ3n) is 5.55. The number of likely N-dealkylation sites (tertiary alicyclic amines) is 1. The summed E-state index contributed by atoms with van der Waals surface area (Å²) in [6.07, 6.45) is 1.29. The second kappa shape index (κ2) is 7.59. The van der Waals surface area contributed by atoms with Gasteiger partial charge in [-0.3, -0.25) is 4.90 Å². The number of aromatic hydroxyl groups is 1. The molecule has 0 aliphatic carbocycles. The number of fused-ring (bicyclic) bond motifs is 1. The molecule has 3 heterocycles. The van der Waals surface area contributed by atoms with Crippen LogP contribution in [0.1, 0.15) is 23.8 Å². The minimum absolute atomic E-state index is 0.267. The van der Waals surface area contributed by atoms with Crippen molar-refractivity contribution in [2.24, 2.45) is 5.92 Å². The van der Waals surface area contributed by atoms with E-state index in [1.807, 2.05) is 6.07 Å². The van der Waals surface area contributed by atoms with E-state index in [9.17, 15) is 5.11 Å². The minimum atomic E-state index is 0.267. The number of phenolic OH excluding ortho intramolecular Hbond substituents is 1. The number of rotatable bonds is 4. The molecule has 0 amide bonds. The van der Waals surface area contributed by atoms with Crippen LogP contribution in [0.15, 0.2) is 24.3 Å². The van der Waals surface area contributed by atoms with Crippen molar-refractivity contribution in [3.05, 3.63) is 34.7 Å². The van der Waals surface area contributed by atoms with Crippen LogP contribution in [0.3, 0.4) is 0 Å². The summed E-state index contributed by atoms with van der Waals surface area (Å²) in [5, 5.41) is 10.5. The Hall–Kier alpha value is -1.56. The predicted molar refractivity (Wildman–Crippen MR) is 107 cm³/mol. The molecule has 140 valence electrons. The molecule has 2 aromatic rings. The summed E-state index contributed by atoms with van der Waals surface area (Å²) < 4.78 is 5.91. The molecule has 2 aliphatic heterocycles. The number of hydrogen-bond donors (Lipinski definition) is 1. The lowest BCUT2D eigenvalue weighted by molar-refractivity contribution is 0.195. The topological polar surface area (TPSA) is 35.9 Å². The van der Waals surface area contributed by atoms with Gasteiger partial charge in [0.2, 0.25) is 0 Å². The molecular formula is C21H28N2O2S. The molecule has 0 bridgehead atoms. The largest absolute Gasteiger partial charge is 0.504 e. The zero-order chi connectivity index (χ0) is 18.1. The van der Waals surface area contributed by atoms with Crippen molar-refractivity contribution in [2.75, 3.05) is 39.3 Å². The van der Waals surface area contributed by atoms with Crippen LogP contribution in [0.25, 0.3) is 10.4 Å². The molecule has 0 saturated carbocycles. The average Bonchev–Trinajstić information content (AvgIpc) is 3.20. The van der Waals surface area contributed by atoms with Gasteiger partial charge < -0.3 is 14.7 Å². The van der Waals surface area contributed by atoms with E-state index in [1.54, 1.807) is 11.3 Å². The van der Waals surface area contributed by atoms with Crippen LogP contribution >= 0.6 is 11.3 Å². The fraction of sp³-hybridized carbons (Fsp3) is 0.524. The Morgan fingerprint density at radius 3 is 2.85 bits per heavy atom. The van der Waals surface area contributed by atoms with Crippen LogP contribution < -0.4 is 4.74 Å². The van der Waals surface area contributed by atoms with E-state index in [2.05, 4.69) is 41.8 Å². The third kappa shape index (κ3) is 3.75. The van der Waals surface area contributed by atoms with E-state index >= 15 is 0 Å². The Labute approximate surface area is 160 Å². The number of thiophene rings is 1. The Kier molecular flexibility index (Phi) is 5.20. The summed E-state index contributed by atoms with van der Waals surface area (Å²) >= 11 is 1.76. The van der Waals surface area contributed by atoms with E-state index in [-0.39, 0.29) is 5.75 Å². The Morgan fingerprint density at radius 2 is 2.12 bits per heavy atom. The first kappa shape index (κ1) is 17.8. The lowest BCUT2D eigenvalue weighted by atomic mass is 10.1. The number of aryl methyl sites for hydroxylation is 1. The first-order valence-corrected chi connectivity index (χ1v) is 10.4. The van der Waals surface area contributed by atoms with E-state index in [0.717, 1.165) is 43.2 Å². The van der Waals surface area contributed by atoms with Gasteiger partial charge in [0, 0.05) is 41.5 Å². The van der Waals surface area contributed by atoms with Crippen molar-refractivity contribution in [1.82, 2.24) is 9.80 Å². The minimum Gasteiger partial charge on any atom is -0.504 e. The lowest BCUT2D eigenvalue weighted by Crippen LogP contribution is -2.32. The van der Waals surface area contributed by atoms with Crippen molar-refractivity contribution in [3.63, 3.8) is 0 Å². The van der Waals surface area contributed by atoms with Gasteiger partial charge in [-0.15, -0.1) is 11.3 Å². The highest BCUT2D eigenvalue weighted by atomic mass is 32.1. The van der Waals surface area contributed by atoms with Crippen LogP contribution in [0.2, 0.25) is 0 Å². The Balaban J connectivity index is 1.54. The summed E-state index contributed by atoms with van der Waals surface area (Å²) in [5.41, 5.74) is 2.19. The van der Waals surface area contributed by atoms with Gasteiger partial charge in [0.25, 0.3) is 0 Å². The quantitative estimate of drug-likeness (QED) is 0.881. The van der Waals surface area contributed by atoms with Gasteiger partial charge in [0.1, 0.15) is 6.61 Å². The van der Waals surface area contributed by atoms with Gasteiger partial charge >= 0.3 is 0 Å². The standard InChI is InChI=1S/C21H28N2O2S/c1-3-22-7-6-16(12-22)13-23-8-9-25-21-18(14-23)10-17(11-19(21)24)20-5-4-15(2)26-20/h4-5,10-11,16,24H,3,6-9,12-14H2,1-2H3/t16-/m0/s1. The van der Waals surface area contributed by atoms with Crippen LogP contribution in [-0.2, 0) is 6.54 Å². The van der Waals surface area contributed by atoms with Gasteiger partial charge in [-0.1, -0.05) is 6.92 Å². The third-order valence-corrected chi connectivity index (χ3v) is 6.60. The zero-order valence-corrected chi connectivity index (χ0v) is 16.5. The first-order valence-electron chi connectivity index (χ1n) is 9.62. The Morgan fingerprint density at radius 1 is 1.23 bits per heavy atom. The smallest absolute Gasteiger partial charge is 0.165 e. The highest BCUT2D eigenvalue weighted by Crippen LogP contribution is 2.39. The normalized spacial score (nSPS) is 21.4. The second-order valence-electron chi connectivity index (χ2n) is 7.53. The van der Waals surface area contributed by atoms with Crippen molar-refractivity contribution in [1.29, 1.82) is 0 Å². The van der Waals surface area contributed by atoms with Gasteiger partial charge in [-0.05, 0) is 62.2 Å². The van der Waals surface area contributed by atoms with E-state index in [1.165, 1.54) is 29.3 Å². The van der Waals surface area contributed by atoms with Gasteiger partial charge in [0.15, 0.2) is 11.5 Å². The maximum absolute atomic E-state index is 10.5. The number of benzene rings is 1. The van der Waals surface area contributed by atoms with Gasteiger partial charge in [0.05, 0.1) is 0 Å². The Bertz CT molecular complexity index is 773. The molecule has 1 fully saturated rings. The lowest BCUT2D eigenvalue weighted by Gasteiger charge is -2.23. The molecule has 5 heteroatoms. The molecule has 4 rings (SSSR count). The highest BCUT2D eigenvalue weighted by molar-refractivity contribution is 7.15. The van der Waals surface area contributed by atoms with Crippen molar-refractivity contribution < 1.29 is 9.84 Å². The molecule has 4 nitrogen and oxygen atoms in total. The summed E-state index contributed by atoms with van der Waals surface area (Å²) in [6.45, 7) is 11.5. The molecule has 26 heavy (non-hydrogen) atoms. The molecule has 0 radical (unpaired) electrons. The summed E-state index contributed by atoms with van der Waals surface area (Å²) in [5.74, 6) is 1.68. The molecular weight excluding hydrogens is 344 g/mol. The summed E-state index contributed by atoms with van der Waals surface area (Å²) in [6, 6.07) is 8.31. The first-order chi connectivity index (χ1) is 12.6. The molecule has 1 aromatic heterocycles. The maximum Gasteiger partial charge on any atom is 0.165 e. The van der Waals surface area contributed by atoms with Crippen molar-refractivity contribution in [2.45, 2.75) is 26.8 Å². The molecule has 0 spiro atoms. The van der Waals surface area contributed by atoms with E-state index in [4.69, 9.17) is 4.74 Å². The second-order valence-corrected chi connectivity index (χ2v) is 8.81. The number of phenols is 1. The van der Waals surface area contributed by atoms with Crippen LogP contribution in [0, 0.1) is 12.8 Å². The predicted octanol–water partition coefficient (Wildman–Crippen LogP) is 3.97. The fourth-order valence-electron chi connectivity index (χ4n) is 4.16. The fourth-order valence-corrected chi connectivity index (χ4v) is 5.01. The molecule has 1 saturated heterocycles. The number of ether oxygens (including phenoxy) is 1. The van der Waals surface area contributed by atoms with Crippen LogP contribution in [0.5, 0.6) is 11.5 Å². The molecule has 1 atom stereocenters. The summed E-state index contributed by atoms with van der Waals surface area (Å²) in [4.78, 5) is 7.52. The summed E-state index contributed by atoms with van der Waals surface area (Å²) in [7, 11) is 0.